The van der Waals surface area contributed by atoms with Crippen molar-refractivity contribution in [2.24, 2.45) is 0 Å². The highest BCUT2D eigenvalue weighted by Gasteiger charge is 2.13. The summed E-state index contributed by atoms with van der Waals surface area (Å²) in [6.07, 6.45) is 0. The van der Waals surface area contributed by atoms with Gasteiger partial charge in [-0.1, -0.05) is 24.3 Å². The van der Waals surface area contributed by atoms with E-state index < -0.39 is 5.97 Å². The number of ether oxygens (including phenoxy) is 3. The van der Waals surface area contributed by atoms with Gasteiger partial charge < -0.3 is 18.8 Å². The number of esters is 1. The molecule has 0 aliphatic carbocycles. The Balaban J connectivity index is 1.83. The van der Waals surface area contributed by atoms with Crippen molar-refractivity contribution in [1.82, 2.24) is 4.57 Å². The molecule has 1 aromatic heterocycles. The van der Waals surface area contributed by atoms with Crippen LogP contribution in [0.3, 0.4) is 0 Å². The third-order valence-electron chi connectivity index (χ3n) is 5.44. The summed E-state index contributed by atoms with van der Waals surface area (Å²) in [6, 6.07) is 22.0. The Morgan fingerprint density at radius 1 is 0.812 bits per heavy atom. The van der Waals surface area contributed by atoms with E-state index in [0.29, 0.717) is 17.9 Å². The smallest absolute Gasteiger partial charge is 0.337 e. The van der Waals surface area contributed by atoms with Crippen LogP contribution in [0.2, 0.25) is 0 Å². The predicted octanol–water partition coefficient (Wildman–Crippen LogP) is 4.52. The van der Waals surface area contributed by atoms with Crippen LogP contribution in [0.15, 0.2) is 77.6 Å². The quantitative estimate of drug-likeness (QED) is 0.422. The minimum absolute atomic E-state index is 0.131. The van der Waals surface area contributed by atoms with E-state index >= 15 is 0 Å². The Labute approximate surface area is 185 Å². The zero-order valence-electron chi connectivity index (χ0n) is 18.1. The number of fused-ring (bicyclic) bond motifs is 1. The van der Waals surface area contributed by atoms with E-state index in [1.807, 2.05) is 54.6 Å². The molecule has 0 fully saturated rings. The molecule has 6 heteroatoms. The average molecular weight is 429 g/mol. The van der Waals surface area contributed by atoms with Crippen LogP contribution in [-0.4, -0.2) is 31.9 Å². The van der Waals surface area contributed by atoms with Crippen molar-refractivity contribution < 1.29 is 19.0 Å². The number of nitrogens with zero attached hydrogens (tertiary/aromatic N) is 1. The first-order chi connectivity index (χ1) is 15.5. The van der Waals surface area contributed by atoms with Crippen LogP contribution in [0.1, 0.15) is 15.9 Å². The fourth-order valence-corrected chi connectivity index (χ4v) is 3.71. The van der Waals surface area contributed by atoms with Gasteiger partial charge in [0.05, 0.1) is 39.0 Å². The SMILES string of the molecule is COC(=O)c1ccc(Cn2c(=O)cc(-c3ccc(OC)cc3)c3ccc(OC)cc32)cc1. The highest BCUT2D eigenvalue weighted by molar-refractivity contribution is 5.95. The lowest BCUT2D eigenvalue weighted by Crippen LogP contribution is -2.21. The summed E-state index contributed by atoms with van der Waals surface area (Å²) in [6.45, 7) is 0.354. The van der Waals surface area contributed by atoms with Gasteiger partial charge in [0.25, 0.3) is 5.56 Å². The number of methoxy groups -OCH3 is 3. The van der Waals surface area contributed by atoms with E-state index in [0.717, 1.165) is 33.3 Å². The second-order valence-corrected chi connectivity index (χ2v) is 7.28. The molecule has 0 radical (unpaired) electrons. The third-order valence-corrected chi connectivity index (χ3v) is 5.44. The minimum Gasteiger partial charge on any atom is -0.497 e. The maximum atomic E-state index is 13.2. The molecule has 6 nitrogen and oxygen atoms in total. The van der Waals surface area contributed by atoms with Gasteiger partial charge in [-0.25, -0.2) is 4.79 Å². The molecule has 32 heavy (non-hydrogen) atoms. The molecular formula is C26H23NO5. The third kappa shape index (κ3) is 4.07. The zero-order chi connectivity index (χ0) is 22.7. The lowest BCUT2D eigenvalue weighted by atomic mass is 10.0. The molecule has 0 bridgehead atoms. The van der Waals surface area contributed by atoms with Gasteiger partial charge in [-0.05, 0) is 53.1 Å². The van der Waals surface area contributed by atoms with Crippen molar-refractivity contribution in [3.8, 4) is 22.6 Å². The van der Waals surface area contributed by atoms with Crippen molar-refractivity contribution in [2.45, 2.75) is 6.54 Å². The van der Waals surface area contributed by atoms with E-state index in [1.54, 1.807) is 37.0 Å². The summed E-state index contributed by atoms with van der Waals surface area (Å²) < 4.78 is 17.1. The summed E-state index contributed by atoms with van der Waals surface area (Å²) in [5, 5.41) is 0.932. The average Bonchev–Trinajstić information content (AvgIpc) is 2.85. The van der Waals surface area contributed by atoms with Gasteiger partial charge in [0.15, 0.2) is 0 Å². The van der Waals surface area contributed by atoms with Gasteiger partial charge in [-0.2, -0.15) is 0 Å². The molecule has 0 aliphatic rings. The van der Waals surface area contributed by atoms with Gasteiger partial charge >= 0.3 is 5.97 Å². The van der Waals surface area contributed by atoms with Crippen LogP contribution in [0, 0.1) is 0 Å². The molecule has 0 unspecified atom stereocenters. The van der Waals surface area contributed by atoms with Gasteiger partial charge in [-0.15, -0.1) is 0 Å². The summed E-state index contributed by atoms with van der Waals surface area (Å²) in [4.78, 5) is 24.9. The van der Waals surface area contributed by atoms with Crippen LogP contribution in [0.5, 0.6) is 11.5 Å². The lowest BCUT2D eigenvalue weighted by Gasteiger charge is -2.15. The summed E-state index contributed by atoms with van der Waals surface area (Å²) in [5.74, 6) is 1.02. The molecule has 0 aliphatic heterocycles. The largest absolute Gasteiger partial charge is 0.497 e. The number of carbonyl (C=O) groups is 1. The van der Waals surface area contributed by atoms with Gasteiger partial charge in [0.2, 0.25) is 0 Å². The standard InChI is InChI=1S/C26H23NO5/c1-30-20-10-8-18(9-11-20)23-15-25(28)27(24-14-21(31-2)12-13-22(23)24)16-17-4-6-19(7-5-17)26(29)32-3/h4-15H,16H2,1-3H3. The highest BCUT2D eigenvalue weighted by Crippen LogP contribution is 2.31. The number of hydrogen-bond donors (Lipinski definition) is 0. The van der Waals surface area contributed by atoms with E-state index in [1.165, 1.54) is 7.11 Å². The Morgan fingerprint density at radius 3 is 2.09 bits per heavy atom. The molecule has 0 saturated heterocycles. The van der Waals surface area contributed by atoms with E-state index in [9.17, 15) is 9.59 Å². The fourth-order valence-electron chi connectivity index (χ4n) is 3.71. The number of hydrogen-bond acceptors (Lipinski definition) is 5. The summed E-state index contributed by atoms with van der Waals surface area (Å²) in [7, 11) is 4.57. The second-order valence-electron chi connectivity index (χ2n) is 7.28. The van der Waals surface area contributed by atoms with Gasteiger partial charge in [0.1, 0.15) is 11.5 Å². The van der Waals surface area contributed by atoms with E-state index in [4.69, 9.17) is 14.2 Å². The lowest BCUT2D eigenvalue weighted by molar-refractivity contribution is 0.0600. The van der Waals surface area contributed by atoms with E-state index in [-0.39, 0.29) is 5.56 Å². The number of aromatic nitrogens is 1. The topological polar surface area (TPSA) is 66.8 Å². The van der Waals surface area contributed by atoms with Crippen LogP contribution in [0.25, 0.3) is 22.0 Å². The number of benzene rings is 3. The molecule has 0 saturated carbocycles. The van der Waals surface area contributed by atoms with Crippen LogP contribution in [-0.2, 0) is 11.3 Å². The molecule has 162 valence electrons. The summed E-state index contributed by atoms with van der Waals surface area (Å²) >= 11 is 0. The second kappa shape index (κ2) is 8.98. The molecule has 0 spiro atoms. The zero-order valence-corrected chi connectivity index (χ0v) is 18.1. The molecule has 3 aromatic carbocycles. The number of carbonyl (C=O) groups excluding carboxylic acids is 1. The molecule has 4 aromatic rings. The Hall–Kier alpha value is -4.06. The molecule has 0 atom stereocenters. The molecule has 0 amide bonds. The van der Waals surface area contributed by atoms with Crippen molar-refractivity contribution in [3.05, 3.63) is 94.3 Å². The first kappa shape index (κ1) is 21.2. The van der Waals surface area contributed by atoms with Gasteiger partial charge in [0, 0.05) is 17.5 Å². The first-order valence-electron chi connectivity index (χ1n) is 10.1. The summed E-state index contributed by atoms with van der Waals surface area (Å²) in [5.41, 5.74) is 3.75. The Morgan fingerprint density at radius 2 is 1.47 bits per heavy atom. The molecular weight excluding hydrogens is 406 g/mol. The fraction of sp³-hybridized carbons (Fsp3) is 0.154. The van der Waals surface area contributed by atoms with Crippen molar-refractivity contribution >= 4 is 16.9 Å². The maximum absolute atomic E-state index is 13.2. The Kier molecular flexibility index (Phi) is 5.94. The predicted molar refractivity (Wildman–Crippen MR) is 124 cm³/mol. The van der Waals surface area contributed by atoms with Crippen LogP contribution < -0.4 is 15.0 Å². The number of pyridine rings is 1. The minimum atomic E-state index is -0.396. The molecule has 4 rings (SSSR count). The maximum Gasteiger partial charge on any atom is 0.337 e. The molecule has 1 heterocycles. The van der Waals surface area contributed by atoms with E-state index in [2.05, 4.69) is 0 Å². The highest BCUT2D eigenvalue weighted by atomic mass is 16.5. The Bertz CT molecular complexity index is 1320. The normalized spacial score (nSPS) is 10.7. The first-order valence-corrected chi connectivity index (χ1v) is 10.1. The van der Waals surface area contributed by atoms with Crippen molar-refractivity contribution in [1.29, 1.82) is 0 Å². The molecule has 0 N–H and O–H groups in total. The van der Waals surface area contributed by atoms with Gasteiger partial charge in [-0.3, -0.25) is 4.79 Å². The van der Waals surface area contributed by atoms with Crippen molar-refractivity contribution in [3.63, 3.8) is 0 Å². The van der Waals surface area contributed by atoms with Crippen LogP contribution >= 0.6 is 0 Å². The van der Waals surface area contributed by atoms with Crippen molar-refractivity contribution in [2.75, 3.05) is 21.3 Å². The van der Waals surface area contributed by atoms with Crippen LogP contribution in [0.4, 0.5) is 0 Å². The monoisotopic (exact) mass is 429 g/mol. The number of rotatable bonds is 6.